The number of sulfonamides is 1. The number of hydrogen-bond donors (Lipinski definition) is 2. The second-order valence-electron chi connectivity index (χ2n) is 7.37. The topological polar surface area (TPSA) is 95.6 Å². The zero-order valence-electron chi connectivity index (χ0n) is 17.7. The fourth-order valence-electron chi connectivity index (χ4n) is 3.47. The number of rotatable bonds is 7. The molecule has 1 heterocycles. The molecule has 2 aromatic rings. The minimum Gasteiger partial charge on any atom is -0.339 e. The molecular weight excluding hydrogens is 414 g/mol. The fourth-order valence-corrected chi connectivity index (χ4v) is 4.51. The molecule has 3 rings (SSSR count). The van der Waals surface area contributed by atoms with Gasteiger partial charge >= 0.3 is 0 Å². The Balaban J connectivity index is 1.67. The highest BCUT2D eigenvalue weighted by Gasteiger charge is 2.21. The Labute approximate surface area is 183 Å². The zero-order valence-corrected chi connectivity index (χ0v) is 18.5. The minimum absolute atomic E-state index is 0.00533. The van der Waals surface area contributed by atoms with Gasteiger partial charge in [0.2, 0.25) is 15.9 Å². The number of nitrogens with one attached hydrogen (secondary N) is 2. The van der Waals surface area contributed by atoms with Crippen LogP contribution in [-0.4, -0.2) is 44.8 Å². The van der Waals surface area contributed by atoms with Crippen molar-refractivity contribution in [1.29, 1.82) is 0 Å². The van der Waals surface area contributed by atoms with Crippen molar-refractivity contribution in [2.24, 2.45) is 0 Å². The number of carbonyl (C=O) groups excluding carboxylic acids is 2. The first-order valence-electron chi connectivity index (χ1n) is 10.3. The Morgan fingerprint density at radius 3 is 2.39 bits per heavy atom. The quantitative estimate of drug-likeness (QED) is 0.645. The fraction of sp³-hybridized carbons (Fsp3) is 0.304. The van der Waals surface area contributed by atoms with Crippen LogP contribution in [0.3, 0.4) is 0 Å². The van der Waals surface area contributed by atoms with Crippen LogP contribution in [0, 0.1) is 6.92 Å². The number of hydrogen-bond acceptors (Lipinski definition) is 4. The standard InChI is InChI=1S/C23H27N3O4S/c1-3-24-31(29,30)19-12-9-18(10-13-19)11-14-22(27)25-21-8-6-7-20(17(21)2)23(28)26-15-4-5-16-26/h6-14,24H,3-5,15-16H2,1-2H3,(H,25,27)/b14-11+. The van der Waals surface area contributed by atoms with Gasteiger partial charge < -0.3 is 10.2 Å². The molecule has 8 heteroatoms. The van der Waals surface area contributed by atoms with Crippen molar-refractivity contribution < 1.29 is 18.0 Å². The van der Waals surface area contributed by atoms with E-state index in [0.29, 0.717) is 23.4 Å². The van der Waals surface area contributed by atoms with E-state index < -0.39 is 10.0 Å². The van der Waals surface area contributed by atoms with Crippen molar-refractivity contribution >= 4 is 33.6 Å². The van der Waals surface area contributed by atoms with Crippen LogP contribution < -0.4 is 10.0 Å². The summed E-state index contributed by atoms with van der Waals surface area (Å²) in [5.41, 5.74) is 2.62. The van der Waals surface area contributed by atoms with Gasteiger partial charge in [-0.15, -0.1) is 0 Å². The normalized spacial score (nSPS) is 14.2. The van der Waals surface area contributed by atoms with Crippen molar-refractivity contribution in [1.82, 2.24) is 9.62 Å². The van der Waals surface area contributed by atoms with Gasteiger partial charge in [0.25, 0.3) is 5.91 Å². The lowest BCUT2D eigenvalue weighted by atomic mass is 10.1. The summed E-state index contributed by atoms with van der Waals surface area (Å²) in [4.78, 5) is 27.1. The first-order valence-corrected chi connectivity index (χ1v) is 11.8. The molecule has 1 saturated heterocycles. The summed E-state index contributed by atoms with van der Waals surface area (Å²) in [6.07, 6.45) is 5.03. The van der Waals surface area contributed by atoms with Crippen LogP contribution in [0.25, 0.3) is 6.08 Å². The van der Waals surface area contributed by atoms with Crippen LogP contribution in [0.15, 0.2) is 53.4 Å². The summed E-state index contributed by atoms with van der Waals surface area (Å²) in [5.74, 6) is -0.340. The number of nitrogens with zero attached hydrogens (tertiary/aromatic N) is 1. The molecule has 164 valence electrons. The molecule has 0 radical (unpaired) electrons. The van der Waals surface area contributed by atoms with E-state index in [9.17, 15) is 18.0 Å². The van der Waals surface area contributed by atoms with Gasteiger partial charge in [0.05, 0.1) is 4.90 Å². The molecule has 0 bridgehead atoms. The van der Waals surface area contributed by atoms with Gasteiger partial charge in [-0.05, 0) is 61.2 Å². The Morgan fingerprint density at radius 1 is 1.06 bits per heavy atom. The van der Waals surface area contributed by atoms with Gasteiger partial charge in [0.15, 0.2) is 0 Å². The lowest BCUT2D eigenvalue weighted by molar-refractivity contribution is -0.111. The van der Waals surface area contributed by atoms with Gasteiger partial charge in [0.1, 0.15) is 0 Å². The first kappa shape index (κ1) is 22.7. The zero-order chi connectivity index (χ0) is 22.4. The summed E-state index contributed by atoms with van der Waals surface area (Å²) >= 11 is 0. The Morgan fingerprint density at radius 2 is 1.74 bits per heavy atom. The molecular formula is C23H27N3O4S. The molecule has 1 fully saturated rings. The average Bonchev–Trinajstić information content (AvgIpc) is 3.28. The Kier molecular flexibility index (Phi) is 7.25. The largest absolute Gasteiger partial charge is 0.339 e. The van der Waals surface area contributed by atoms with E-state index in [1.165, 1.54) is 18.2 Å². The Bertz CT molecular complexity index is 1090. The highest BCUT2D eigenvalue weighted by Crippen LogP contribution is 2.22. The third kappa shape index (κ3) is 5.59. The van der Waals surface area contributed by atoms with Crippen molar-refractivity contribution in [3.63, 3.8) is 0 Å². The molecule has 0 aliphatic carbocycles. The van der Waals surface area contributed by atoms with Gasteiger partial charge in [-0.2, -0.15) is 0 Å². The van der Waals surface area contributed by atoms with Crippen LogP contribution >= 0.6 is 0 Å². The van der Waals surface area contributed by atoms with Crippen molar-refractivity contribution in [3.8, 4) is 0 Å². The van der Waals surface area contributed by atoms with E-state index in [2.05, 4.69) is 10.0 Å². The van der Waals surface area contributed by atoms with Gasteiger partial charge in [0, 0.05) is 37.0 Å². The highest BCUT2D eigenvalue weighted by atomic mass is 32.2. The molecule has 1 aliphatic heterocycles. The minimum atomic E-state index is -3.51. The molecule has 2 amide bonds. The second-order valence-corrected chi connectivity index (χ2v) is 9.14. The summed E-state index contributed by atoms with van der Waals surface area (Å²) in [7, 11) is -3.51. The van der Waals surface area contributed by atoms with Crippen LogP contribution in [0.1, 0.15) is 41.3 Å². The first-order chi connectivity index (χ1) is 14.8. The molecule has 2 aromatic carbocycles. The molecule has 0 saturated carbocycles. The van der Waals surface area contributed by atoms with Crippen LogP contribution in [-0.2, 0) is 14.8 Å². The summed E-state index contributed by atoms with van der Waals surface area (Å²) in [6.45, 7) is 5.39. The second kappa shape index (κ2) is 9.89. The Hall–Kier alpha value is -2.97. The number of benzene rings is 2. The van der Waals surface area contributed by atoms with Gasteiger partial charge in [-0.1, -0.05) is 25.1 Å². The van der Waals surface area contributed by atoms with E-state index in [1.807, 2.05) is 11.8 Å². The van der Waals surface area contributed by atoms with Crippen molar-refractivity contribution in [2.75, 3.05) is 25.0 Å². The SMILES string of the molecule is CCNS(=O)(=O)c1ccc(/C=C/C(=O)Nc2cccc(C(=O)N3CCCC3)c2C)cc1. The molecule has 0 unspecified atom stereocenters. The van der Waals surface area contributed by atoms with Crippen LogP contribution in [0.2, 0.25) is 0 Å². The molecule has 2 N–H and O–H groups in total. The smallest absolute Gasteiger partial charge is 0.254 e. The maximum Gasteiger partial charge on any atom is 0.254 e. The maximum absolute atomic E-state index is 12.7. The summed E-state index contributed by atoms with van der Waals surface area (Å²) < 4.78 is 26.4. The van der Waals surface area contributed by atoms with E-state index in [1.54, 1.807) is 43.3 Å². The highest BCUT2D eigenvalue weighted by molar-refractivity contribution is 7.89. The number of carbonyl (C=O) groups is 2. The van der Waals surface area contributed by atoms with Crippen LogP contribution in [0.5, 0.6) is 0 Å². The molecule has 1 aliphatic rings. The average molecular weight is 442 g/mol. The number of likely N-dealkylation sites (tertiary alicyclic amines) is 1. The van der Waals surface area contributed by atoms with Crippen LogP contribution in [0.4, 0.5) is 5.69 Å². The van der Waals surface area contributed by atoms with Gasteiger partial charge in [-0.25, -0.2) is 13.1 Å². The van der Waals surface area contributed by atoms with E-state index in [0.717, 1.165) is 31.5 Å². The van der Waals surface area contributed by atoms with Gasteiger partial charge in [-0.3, -0.25) is 9.59 Å². The lowest BCUT2D eigenvalue weighted by Gasteiger charge is -2.18. The van der Waals surface area contributed by atoms with Crippen molar-refractivity contribution in [2.45, 2.75) is 31.6 Å². The van der Waals surface area contributed by atoms with E-state index in [4.69, 9.17) is 0 Å². The predicted molar refractivity (Wildman–Crippen MR) is 121 cm³/mol. The number of anilines is 1. The third-order valence-corrected chi connectivity index (χ3v) is 6.73. The number of amides is 2. The third-order valence-electron chi connectivity index (χ3n) is 5.17. The lowest BCUT2D eigenvalue weighted by Crippen LogP contribution is -2.28. The molecule has 7 nitrogen and oxygen atoms in total. The molecule has 31 heavy (non-hydrogen) atoms. The van der Waals surface area contributed by atoms with E-state index in [-0.39, 0.29) is 16.7 Å². The van der Waals surface area contributed by atoms with Crippen molar-refractivity contribution in [3.05, 3.63) is 65.2 Å². The molecule has 0 aromatic heterocycles. The van der Waals surface area contributed by atoms with E-state index >= 15 is 0 Å². The molecule has 0 spiro atoms. The molecule has 0 atom stereocenters. The maximum atomic E-state index is 12.7. The summed E-state index contributed by atoms with van der Waals surface area (Å²) in [5, 5.41) is 2.82. The predicted octanol–water partition coefficient (Wildman–Crippen LogP) is 3.18. The monoisotopic (exact) mass is 441 g/mol. The summed E-state index contributed by atoms with van der Waals surface area (Å²) in [6, 6.07) is 11.6.